The molecule has 0 aliphatic rings. The SMILES string of the molecule is CCC(C)NC(=O)C(Cc1ccccc1)N(Cc1ccc(C)cc1)C(=O)CN(c1ccc(C)cc1)S(=O)(=O)c1ccc(OC)cc1. The summed E-state index contributed by atoms with van der Waals surface area (Å²) in [5.41, 5.74) is 4.06. The van der Waals surface area contributed by atoms with Crippen molar-refractivity contribution in [1.29, 1.82) is 0 Å². The van der Waals surface area contributed by atoms with Gasteiger partial charge in [-0.25, -0.2) is 8.42 Å². The Bertz CT molecular complexity index is 1690. The normalized spacial score (nSPS) is 12.5. The summed E-state index contributed by atoms with van der Waals surface area (Å²) in [7, 11) is -2.69. The molecule has 242 valence electrons. The smallest absolute Gasteiger partial charge is 0.264 e. The van der Waals surface area contributed by atoms with Gasteiger partial charge < -0.3 is 15.0 Å². The lowest BCUT2D eigenvalue weighted by Crippen LogP contribution is -2.54. The van der Waals surface area contributed by atoms with Crippen molar-refractivity contribution in [2.45, 2.75) is 64.1 Å². The summed E-state index contributed by atoms with van der Waals surface area (Å²) in [4.78, 5) is 30.0. The van der Waals surface area contributed by atoms with Crippen LogP contribution in [0, 0.1) is 13.8 Å². The molecule has 0 saturated heterocycles. The molecule has 4 rings (SSSR count). The van der Waals surface area contributed by atoms with Crippen molar-refractivity contribution >= 4 is 27.5 Å². The van der Waals surface area contributed by atoms with E-state index in [1.165, 1.54) is 24.1 Å². The zero-order valence-corrected chi connectivity index (χ0v) is 28.0. The minimum absolute atomic E-state index is 0.0158. The third-order valence-corrected chi connectivity index (χ3v) is 9.78. The molecule has 1 N–H and O–H groups in total. The third kappa shape index (κ3) is 8.75. The molecule has 0 bridgehead atoms. The van der Waals surface area contributed by atoms with E-state index in [1.807, 2.05) is 82.3 Å². The minimum atomic E-state index is -4.20. The van der Waals surface area contributed by atoms with Crippen molar-refractivity contribution < 1.29 is 22.7 Å². The van der Waals surface area contributed by atoms with E-state index in [1.54, 1.807) is 36.4 Å². The van der Waals surface area contributed by atoms with Gasteiger partial charge in [-0.05, 0) is 74.7 Å². The maximum Gasteiger partial charge on any atom is 0.264 e. The number of anilines is 1. The Labute approximate surface area is 273 Å². The average Bonchev–Trinajstić information content (AvgIpc) is 3.06. The summed E-state index contributed by atoms with van der Waals surface area (Å²) in [6.45, 7) is 7.40. The number of rotatable bonds is 14. The highest BCUT2D eigenvalue weighted by atomic mass is 32.2. The molecule has 0 spiro atoms. The summed E-state index contributed by atoms with van der Waals surface area (Å²) in [5.74, 6) is -0.283. The second-order valence-electron chi connectivity index (χ2n) is 11.6. The van der Waals surface area contributed by atoms with Crippen LogP contribution in [-0.2, 0) is 32.6 Å². The summed E-state index contributed by atoms with van der Waals surface area (Å²) >= 11 is 0. The molecule has 0 aromatic heterocycles. The average molecular weight is 642 g/mol. The molecule has 0 saturated carbocycles. The van der Waals surface area contributed by atoms with Gasteiger partial charge in [-0.2, -0.15) is 0 Å². The molecule has 2 atom stereocenters. The number of methoxy groups -OCH3 is 1. The molecular weight excluding hydrogens is 598 g/mol. The number of nitrogens with one attached hydrogen (secondary N) is 1. The largest absolute Gasteiger partial charge is 0.497 e. The Kier molecular flexibility index (Phi) is 11.6. The van der Waals surface area contributed by atoms with Gasteiger partial charge >= 0.3 is 0 Å². The van der Waals surface area contributed by atoms with E-state index in [0.29, 0.717) is 11.4 Å². The predicted octanol–water partition coefficient (Wildman–Crippen LogP) is 6.06. The number of sulfonamides is 1. The third-order valence-electron chi connectivity index (χ3n) is 7.99. The van der Waals surface area contributed by atoms with E-state index >= 15 is 0 Å². The van der Waals surface area contributed by atoms with Crippen LogP contribution in [0.1, 0.15) is 42.5 Å². The summed E-state index contributed by atoms with van der Waals surface area (Å²) in [6, 6.07) is 29.3. The van der Waals surface area contributed by atoms with Crippen molar-refractivity contribution in [3.63, 3.8) is 0 Å². The number of carbonyl (C=O) groups excluding carboxylic acids is 2. The Morgan fingerprint density at radius 2 is 1.39 bits per heavy atom. The summed E-state index contributed by atoms with van der Waals surface area (Å²) in [6.07, 6.45) is 0.980. The first-order chi connectivity index (χ1) is 22.0. The molecule has 0 aliphatic heterocycles. The summed E-state index contributed by atoms with van der Waals surface area (Å²) in [5, 5.41) is 3.06. The minimum Gasteiger partial charge on any atom is -0.497 e. The fraction of sp³-hybridized carbons (Fsp3) is 0.297. The zero-order valence-electron chi connectivity index (χ0n) is 27.1. The van der Waals surface area contributed by atoms with E-state index < -0.39 is 28.5 Å². The first kappa shape index (κ1) is 34.2. The number of carbonyl (C=O) groups is 2. The fourth-order valence-electron chi connectivity index (χ4n) is 5.00. The van der Waals surface area contributed by atoms with Crippen LogP contribution in [0.15, 0.2) is 108 Å². The van der Waals surface area contributed by atoms with Gasteiger partial charge in [0.05, 0.1) is 17.7 Å². The second kappa shape index (κ2) is 15.6. The first-order valence-corrected chi connectivity index (χ1v) is 16.9. The molecule has 0 aliphatic carbocycles. The number of aryl methyl sites for hydroxylation is 2. The van der Waals surface area contributed by atoms with E-state index in [4.69, 9.17) is 4.74 Å². The molecular formula is C37H43N3O5S. The van der Waals surface area contributed by atoms with E-state index in [9.17, 15) is 18.0 Å². The Hall–Kier alpha value is -4.63. The van der Waals surface area contributed by atoms with Crippen LogP contribution < -0.4 is 14.4 Å². The van der Waals surface area contributed by atoms with Gasteiger partial charge in [-0.1, -0.05) is 84.8 Å². The van der Waals surface area contributed by atoms with Gasteiger partial charge in [0, 0.05) is 19.0 Å². The van der Waals surface area contributed by atoms with Gasteiger partial charge in [0.15, 0.2) is 0 Å². The maximum absolute atomic E-state index is 14.6. The number of hydrogen-bond acceptors (Lipinski definition) is 5. The van der Waals surface area contributed by atoms with Crippen LogP contribution in [0.4, 0.5) is 5.69 Å². The Balaban J connectivity index is 1.80. The summed E-state index contributed by atoms with van der Waals surface area (Å²) < 4.78 is 34.7. The van der Waals surface area contributed by atoms with Crippen LogP contribution in [0.5, 0.6) is 5.75 Å². The molecule has 9 heteroatoms. The van der Waals surface area contributed by atoms with Crippen molar-refractivity contribution in [2.24, 2.45) is 0 Å². The molecule has 4 aromatic carbocycles. The first-order valence-electron chi connectivity index (χ1n) is 15.4. The number of hydrogen-bond donors (Lipinski definition) is 1. The van der Waals surface area contributed by atoms with Gasteiger partial charge in [0.1, 0.15) is 18.3 Å². The Morgan fingerprint density at radius 3 is 1.96 bits per heavy atom. The monoisotopic (exact) mass is 641 g/mol. The van der Waals surface area contributed by atoms with Crippen molar-refractivity contribution in [2.75, 3.05) is 18.0 Å². The van der Waals surface area contributed by atoms with Crippen LogP contribution in [0.25, 0.3) is 0 Å². The molecule has 46 heavy (non-hydrogen) atoms. The maximum atomic E-state index is 14.6. The fourth-order valence-corrected chi connectivity index (χ4v) is 6.41. The lowest BCUT2D eigenvalue weighted by Gasteiger charge is -2.34. The van der Waals surface area contributed by atoms with Gasteiger partial charge in [-0.15, -0.1) is 0 Å². The van der Waals surface area contributed by atoms with Crippen LogP contribution in [0.2, 0.25) is 0 Å². The van der Waals surface area contributed by atoms with Gasteiger partial charge in [0.25, 0.3) is 10.0 Å². The van der Waals surface area contributed by atoms with Gasteiger partial charge in [0.2, 0.25) is 11.8 Å². The lowest BCUT2D eigenvalue weighted by atomic mass is 10.0. The molecule has 4 aromatic rings. The van der Waals surface area contributed by atoms with Crippen LogP contribution in [0.3, 0.4) is 0 Å². The number of benzene rings is 4. The number of ether oxygens (including phenoxy) is 1. The van der Waals surface area contributed by atoms with Gasteiger partial charge in [-0.3, -0.25) is 13.9 Å². The Morgan fingerprint density at radius 1 is 0.804 bits per heavy atom. The zero-order chi connectivity index (χ0) is 33.3. The standard InChI is InChI=1S/C37H43N3O5S/c1-6-29(4)38-37(42)35(24-30-10-8-7-9-11-30)39(25-31-16-12-27(2)13-17-31)36(41)26-40(32-18-14-28(3)15-19-32)46(43,44)34-22-20-33(45-5)21-23-34/h7-23,29,35H,6,24-26H2,1-5H3,(H,38,42). The molecule has 0 heterocycles. The highest BCUT2D eigenvalue weighted by molar-refractivity contribution is 7.92. The van der Waals surface area contributed by atoms with Crippen molar-refractivity contribution in [3.05, 3.63) is 125 Å². The predicted molar refractivity (Wildman–Crippen MR) is 182 cm³/mol. The number of amides is 2. The van der Waals surface area contributed by atoms with Crippen molar-refractivity contribution in [3.8, 4) is 5.75 Å². The molecule has 8 nitrogen and oxygen atoms in total. The van der Waals surface area contributed by atoms with E-state index in [2.05, 4.69) is 5.32 Å². The van der Waals surface area contributed by atoms with Crippen LogP contribution in [-0.4, -0.2) is 50.9 Å². The molecule has 2 amide bonds. The number of nitrogens with zero attached hydrogens (tertiary/aromatic N) is 2. The molecule has 0 fully saturated rings. The topological polar surface area (TPSA) is 96.0 Å². The van der Waals surface area contributed by atoms with Crippen molar-refractivity contribution in [1.82, 2.24) is 10.2 Å². The molecule has 0 radical (unpaired) electrons. The quantitative estimate of drug-likeness (QED) is 0.181. The second-order valence-corrected chi connectivity index (χ2v) is 13.4. The highest BCUT2D eigenvalue weighted by Gasteiger charge is 2.35. The highest BCUT2D eigenvalue weighted by Crippen LogP contribution is 2.27. The lowest BCUT2D eigenvalue weighted by molar-refractivity contribution is -0.140. The van der Waals surface area contributed by atoms with E-state index in [0.717, 1.165) is 33.0 Å². The molecule has 2 unspecified atom stereocenters. The van der Waals surface area contributed by atoms with Crippen LogP contribution >= 0.6 is 0 Å². The van der Waals surface area contributed by atoms with E-state index in [-0.39, 0.29) is 29.8 Å².